The highest BCUT2D eigenvalue weighted by Gasteiger charge is 2.54. The summed E-state index contributed by atoms with van der Waals surface area (Å²) in [6.07, 6.45) is -4.34. The number of carbonyl (C=O) groups is 2. The number of hydrogen-bond acceptors (Lipinski definition) is 3. The van der Waals surface area contributed by atoms with Gasteiger partial charge in [0.1, 0.15) is 0 Å². The van der Waals surface area contributed by atoms with Crippen LogP contribution in [-0.2, 0) is 25.9 Å². The van der Waals surface area contributed by atoms with Gasteiger partial charge in [0.2, 0.25) is 11.8 Å². The number of primary amides is 1. The molecule has 1 aliphatic carbocycles. The lowest BCUT2D eigenvalue weighted by atomic mass is 9.92. The van der Waals surface area contributed by atoms with Crippen LogP contribution in [0.25, 0.3) is 0 Å². The van der Waals surface area contributed by atoms with Crippen LogP contribution in [0.4, 0.5) is 13.2 Å². The normalized spacial score (nSPS) is 23.0. The van der Waals surface area contributed by atoms with E-state index in [9.17, 15) is 22.8 Å². The second-order valence-corrected chi connectivity index (χ2v) is 6.17. The summed E-state index contributed by atoms with van der Waals surface area (Å²) in [5.74, 6) is -0.923. The van der Waals surface area contributed by atoms with Crippen molar-refractivity contribution in [2.45, 2.75) is 30.5 Å². The summed E-state index contributed by atoms with van der Waals surface area (Å²) in [4.78, 5) is 25.6. The van der Waals surface area contributed by atoms with Crippen molar-refractivity contribution in [1.82, 2.24) is 4.90 Å². The molecule has 24 heavy (non-hydrogen) atoms. The monoisotopic (exact) mass is 342 g/mol. The maximum atomic E-state index is 12.9. The molecule has 1 aromatic carbocycles. The summed E-state index contributed by atoms with van der Waals surface area (Å²) in [5.41, 5.74) is 3.87. The van der Waals surface area contributed by atoms with Crippen LogP contribution in [0.5, 0.6) is 0 Å². The van der Waals surface area contributed by atoms with E-state index in [1.165, 1.54) is 11.0 Å². The number of nitrogens with zero attached hydrogens (tertiary/aromatic N) is 1. The summed E-state index contributed by atoms with van der Waals surface area (Å²) in [5, 5.41) is 0. The van der Waals surface area contributed by atoms with Gasteiger partial charge in [0, 0.05) is 6.54 Å². The second-order valence-electron chi connectivity index (χ2n) is 6.17. The summed E-state index contributed by atoms with van der Waals surface area (Å²) in [7, 11) is 0. The topological polar surface area (TPSA) is 72.6 Å². The average molecular weight is 342 g/mol. The van der Waals surface area contributed by atoms with E-state index in [0.717, 1.165) is 12.1 Å². The third-order valence-corrected chi connectivity index (χ3v) is 4.57. The maximum Gasteiger partial charge on any atom is 0.416 e. The quantitative estimate of drug-likeness (QED) is 0.904. The van der Waals surface area contributed by atoms with E-state index >= 15 is 0 Å². The molecular weight excluding hydrogens is 325 g/mol. The zero-order valence-corrected chi connectivity index (χ0v) is 12.8. The fraction of sp³-hybridized carbons (Fsp3) is 0.500. The molecule has 0 radical (unpaired) electrons. The van der Waals surface area contributed by atoms with Crippen LogP contribution in [0.15, 0.2) is 24.3 Å². The van der Waals surface area contributed by atoms with Gasteiger partial charge in [-0.05, 0) is 24.5 Å². The van der Waals surface area contributed by atoms with Crippen LogP contribution in [0, 0.1) is 0 Å². The number of ether oxygens (including phenoxy) is 1. The highest BCUT2D eigenvalue weighted by atomic mass is 19.4. The van der Waals surface area contributed by atoms with E-state index in [4.69, 9.17) is 10.5 Å². The Bertz CT molecular complexity index is 671. The number of carbonyl (C=O) groups excluding carboxylic acids is 2. The molecule has 130 valence electrons. The lowest BCUT2D eigenvalue weighted by molar-refractivity contribution is -0.147. The summed E-state index contributed by atoms with van der Waals surface area (Å²) >= 11 is 0. The molecule has 2 aliphatic rings. The minimum Gasteiger partial charge on any atom is -0.367 e. The zero-order chi connectivity index (χ0) is 17.5. The van der Waals surface area contributed by atoms with E-state index < -0.39 is 29.2 Å². The molecule has 0 unspecified atom stereocenters. The molecule has 3 rings (SSSR count). The minimum atomic E-state index is -4.45. The molecule has 1 aliphatic heterocycles. The predicted molar refractivity (Wildman–Crippen MR) is 77.9 cm³/mol. The number of rotatable bonds is 3. The molecule has 1 saturated heterocycles. The van der Waals surface area contributed by atoms with E-state index in [2.05, 4.69) is 0 Å². The Morgan fingerprint density at radius 2 is 2.00 bits per heavy atom. The molecular formula is C16H17F3N2O3. The SMILES string of the molecule is NC(=O)[C@@H]1CN(C(=O)C2(c3cccc(C(F)(F)F)c3)CC2)CCO1. The fourth-order valence-electron chi connectivity index (χ4n) is 3.05. The van der Waals surface area contributed by atoms with Gasteiger partial charge < -0.3 is 15.4 Å². The van der Waals surface area contributed by atoms with Crippen LogP contribution >= 0.6 is 0 Å². The Morgan fingerprint density at radius 3 is 2.58 bits per heavy atom. The van der Waals surface area contributed by atoms with Crippen molar-refractivity contribution in [1.29, 1.82) is 0 Å². The molecule has 0 spiro atoms. The maximum absolute atomic E-state index is 12.9. The van der Waals surface area contributed by atoms with Crippen molar-refractivity contribution >= 4 is 11.8 Å². The van der Waals surface area contributed by atoms with Gasteiger partial charge in [-0.2, -0.15) is 13.2 Å². The number of amides is 2. The number of benzene rings is 1. The van der Waals surface area contributed by atoms with Crippen LogP contribution in [0.1, 0.15) is 24.0 Å². The third kappa shape index (κ3) is 2.98. The van der Waals surface area contributed by atoms with Gasteiger partial charge in [-0.1, -0.05) is 18.2 Å². The van der Waals surface area contributed by atoms with E-state index in [-0.39, 0.29) is 19.1 Å². The van der Waals surface area contributed by atoms with Crippen molar-refractivity contribution < 1.29 is 27.5 Å². The van der Waals surface area contributed by atoms with E-state index in [1.807, 2.05) is 0 Å². The van der Waals surface area contributed by atoms with Crippen LogP contribution in [-0.4, -0.2) is 42.5 Å². The zero-order valence-electron chi connectivity index (χ0n) is 12.8. The Kier molecular flexibility index (Phi) is 4.03. The molecule has 0 bridgehead atoms. The Hall–Kier alpha value is -2.09. The standard InChI is InChI=1S/C16H17F3N2O3/c17-16(18,19)11-3-1-2-10(8-11)15(4-5-15)14(23)21-6-7-24-12(9-21)13(20)22/h1-3,8,12H,4-7,9H2,(H2,20,22)/t12-/m0/s1. The Labute approximate surface area is 136 Å². The molecule has 1 heterocycles. The fourth-order valence-corrected chi connectivity index (χ4v) is 3.05. The number of morpholine rings is 1. The largest absolute Gasteiger partial charge is 0.416 e. The van der Waals surface area contributed by atoms with Gasteiger partial charge >= 0.3 is 6.18 Å². The van der Waals surface area contributed by atoms with Crippen LogP contribution in [0.2, 0.25) is 0 Å². The highest BCUT2D eigenvalue weighted by Crippen LogP contribution is 2.50. The second kappa shape index (κ2) is 5.77. The van der Waals surface area contributed by atoms with Crippen molar-refractivity contribution in [3.63, 3.8) is 0 Å². The smallest absolute Gasteiger partial charge is 0.367 e. The molecule has 2 fully saturated rings. The molecule has 8 heteroatoms. The number of alkyl halides is 3. The van der Waals surface area contributed by atoms with Gasteiger partial charge in [0.05, 0.1) is 24.1 Å². The number of hydrogen-bond donors (Lipinski definition) is 1. The van der Waals surface area contributed by atoms with Gasteiger partial charge in [-0.25, -0.2) is 0 Å². The number of halogens is 3. The Balaban J connectivity index is 1.83. The predicted octanol–water partition coefficient (Wildman–Crippen LogP) is 1.45. The first-order chi connectivity index (χ1) is 11.2. The van der Waals surface area contributed by atoms with Crippen molar-refractivity contribution in [3.05, 3.63) is 35.4 Å². The van der Waals surface area contributed by atoms with E-state index in [0.29, 0.717) is 24.9 Å². The molecule has 0 aromatic heterocycles. The lowest BCUT2D eigenvalue weighted by Gasteiger charge is -2.34. The molecule has 2 N–H and O–H groups in total. The third-order valence-electron chi connectivity index (χ3n) is 4.57. The van der Waals surface area contributed by atoms with Crippen LogP contribution < -0.4 is 5.73 Å². The first-order valence-corrected chi connectivity index (χ1v) is 7.62. The number of nitrogens with two attached hydrogens (primary N) is 1. The first-order valence-electron chi connectivity index (χ1n) is 7.62. The summed E-state index contributed by atoms with van der Waals surface area (Å²) in [6, 6.07) is 4.89. The first kappa shape index (κ1) is 16.8. The Morgan fingerprint density at radius 1 is 1.29 bits per heavy atom. The molecule has 1 aromatic rings. The molecule has 5 nitrogen and oxygen atoms in total. The summed E-state index contributed by atoms with van der Waals surface area (Å²) < 4.78 is 43.9. The molecule has 1 saturated carbocycles. The summed E-state index contributed by atoms with van der Waals surface area (Å²) in [6.45, 7) is 0.510. The van der Waals surface area contributed by atoms with Gasteiger partial charge in [0.15, 0.2) is 6.10 Å². The van der Waals surface area contributed by atoms with Crippen molar-refractivity contribution in [2.24, 2.45) is 5.73 Å². The van der Waals surface area contributed by atoms with Crippen molar-refractivity contribution in [3.8, 4) is 0 Å². The average Bonchev–Trinajstić information content (AvgIpc) is 3.35. The van der Waals surface area contributed by atoms with E-state index in [1.54, 1.807) is 6.07 Å². The van der Waals surface area contributed by atoms with Gasteiger partial charge in [0.25, 0.3) is 0 Å². The lowest BCUT2D eigenvalue weighted by Crippen LogP contribution is -2.52. The molecule has 1 atom stereocenters. The van der Waals surface area contributed by atoms with Crippen LogP contribution in [0.3, 0.4) is 0 Å². The van der Waals surface area contributed by atoms with Gasteiger partial charge in [-0.15, -0.1) is 0 Å². The minimum absolute atomic E-state index is 0.0366. The highest BCUT2D eigenvalue weighted by molar-refractivity contribution is 5.92. The van der Waals surface area contributed by atoms with Gasteiger partial charge in [-0.3, -0.25) is 9.59 Å². The molecule has 2 amide bonds. The van der Waals surface area contributed by atoms with Crippen molar-refractivity contribution in [2.75, 3.05) is 19.7 Å².